The molecule has 0 atom stereocenters. The van der Waals surface area contributed by atoms with Gasteiger partial charge in [-0.3, -0.25) is 9.59 Å². The Morgan fingerprint density at radius 2 is 2.00 bits per heavy atom. The van der Waals surface area contributed by atoms with Gasteiger partial charge in [-0.2, -0.15) is 5.10 Å². The maximum atomic E-state index is 12.5. The van der Waals surface area contributed by atoms with E-state index in [9.17, 15) is 9.59 Å². The summed E-state index contributed by atoms with van der Waals surface area (Å²) in [5.74, 6) is 0.382. The number of amides is 1. The molecular formula is C19H21N3O5. The smallest absolute Gasteiger partial charge is 0.276 e. The van der Waals surface area contributed by atoms with Gasteiger partial charge in [0.2, 0.25) is 0 Å². The van der Waals surface area contributed by atoms with E-state index in [2.05, 4.69) is 10.4 Å². The molecule has 1 aromatic heterocycles. The third-order valence-electron chi connectivity index (χ3n) is 4.77. The number of benzene rings is 1. The zero-order valence-electron chi connectivity index (χ0n) is 15.1. The van der Waals surface area contributed by atoms with E-state index in [4.69, 9.17) is 14.2 Å². The van der Waals surface area contributed by atoms with Crippen LogP contribution in [0.2, 0.25) is 0 Å². The summed E-state index contributed by atoms with van der Waals surface area (Å²) in [7, 11) is 1.54. The Hall–Kier alpha value is -2.87. The second-order valence-corrected chi connectivity index (χ2v) is 6.71. The van der Waals surface area contributed by atoms with Gasteiger partial charge in [0, 0.05) is 37.8 Å². The lowest BCUT2D eigenvalue weighted by molar-refractivity contribution is -0.0716. The van der Waals surface area contributed by atoms with Crippen molar-refractivity contribution in [3.05, 3.63) is 46.4 Å². The Kier molecular flexibility index (Phi) is 4.57. The number of aromatic nitrogens is 2. The predicted molar refractivity (Wildman–Crippen MR) is 97.2 cm³/mol. The first kappa shape index (κ1) is 17.5. The fourth-order valence-electron chi connectivity index (χ4n) is 3.39. The maximum Gasteiger partial charge on any atom is 0.276 e. The molecule has 1 aliphatic carbocycles. The summed E-state index contributed by atoms with van der Waals surface area (Å²) < 4.78 is 18.1. The molecule has 142 valence electrons. The summed E-state index contributed by atoms with van der Waals surface area (Å²) in [4.78, 5) is 24.3. The Morgan fingerprint density at radius 3 is 2.78 bits per heavy atom. The van der Waals surface area contributed by atoms with Crippen LogP contribution in [0.4, 0.5) is 5.69 Å². The largest absolute Gasteiger partial charge is 0.448 e. The average Bonchev–Trinajstić information content (AvgIpc) is 3.26. The van der Waals surface area contributed by atoms with Crippen LogP contribution in [0.5, 0.6) is 11.5 Å². The van der Waals surface area contributed by atoms with E-state index in [-0.39, 0.29) is 17.8 Å². The number of fused-ring (bicyclic) bond motifs is 1. The SMILES string of the molecule is COCCn1nc(C(=O)Nc2ccc3c(c2)OC2(CCCC2)O3)ccc1=O. The van der Waals surface area contributed by atoms with Crippen molar-refractivity contribution >= 4 is 11.6 Å². The Bertz CT molecular complexity index is 918. The lowest BCUT2D eigenvalue weighted by Gasteiger charge is -2.21. The molecule has 0 bridgehead atoms. The predicted octanol–water partition coefficient (Wildman–Crippen LogP) is 2.18. The highest BCUT2D eigenvalue weighted by Gasteiger charge is 2.44. The molecule has 1 saturated carbocycles. The van der Waals surface area contributed by atoms with Gasteiger partial charge in [0.1, 0.15) is 5.69 Å². The van der Waals surface area contributed by atoms with Crippen molar-refractivity contribution < 1.29 is 19.0 Å². The Morgan fingerprint density at radius 1 is 1.22 bits per heavy atom. The fraction of sp³-hybridized carbons (Fsp3) is 0.421. The first-order valence-corrected chi connectivity index (χ1v) is 8.99. The lowest BCUT2D eigenvalue weighted by Crippen LogP contribution is -2.34. The van der Waals surface area contributed by atoms with Crippen LogP contribution in [0.1, 0.15) is 36.2 Å². The second kappa shape index (κ2) is 7.03. The first-order valence-electron chi connectivity index (χ1n) is 8.99. The number of nitrogens with zero attached hydrogens (tertiary/aromatic N) is 2. The molecule has 2 aromatic rings. The summed E-state index contributed by atoms with van der Waals surface area (Å²) in [6.07, 6.45) is 3.91. The molecule has 8 heteroatoms. The van der Waals surface area contributed by atoms with Gasteiger partial charge in [-0.25, -0.2) is 4.68 Å². The van der Waals surface area contributed by atoms with E-state index in [1.165, 1.54) is 23.9 Å². The van der Waals surface area contributed by atoms with Gasteiger partial charge >= 0.3 is 0 Å². The number of carbonyl (C=O) groups is 1. The van der Waals surface area contributed by atoms with Gasteiger partial charge < -0.3 is 19.5 Å². The van der Waals surface area contributed by atoms with Gasteiger partial charge in [0.05, 0.1) is 13.2 Å². The monoisotopic (exact) mass is 371 g/mol. The average molecular weight is 371 g/mol. The number of rotatable bonds is 5. The minimum atomic E-state index is -0.538. The van der Waals surface area contributed by atoms with Crippen LogP contribution in [0, 0.1) is 0 Å². The first-order chi connectivity index (χ1) is 13.1. The van der Waals surface area contributed by atoms with E-state index >= 15 is 0 Å². The van der Waals surface area contributed by atoms with Crippen LogP contribution in [0.15, 0.2) is 35.1 Å². The number of carbonyl (C=O) groups excluding carboxylic acids is 1. The number of hydrogen-bond donors (Lipinski definition) is 1. The van der Waals surface area contributed by atoms with Crippen molar-refractivity contribution in [2.75, 3.05) is 19.0 Å². The Balaban J connectivity index is 1.49. The van der Waals surface area contributed by atoms with Crippen molar-refractivity contribution in [3.8, 4) is 11.5 Å². The van der Waals surface area contributed by atoms with Crippen molar-refractivity contribution in [1.82, 2.24) is 9.78 Å². The second-order valence-electron chi connectivity index (χ2n) is 6.71. The quantitative estimate of drug-likeness (QED) is 0.866. The van der Waals surface area contributed by atoms with Crippen molar-refractivity contribution in [2.45, 2.75) is 38.0 Å². The fourth-order valence-corrected chi connectivity index (χ4v) is 3.39. The molecule has 1 N–H and O–H groups in total. The van der Waals surface area contributed by atoms with Crippen LogP contribution < -0.4 is 20.3 Å². The molecule has 0 saturated heterocycles. The highest BCUT2D eigenvalue weighted by atomic mass is 16.7. The molecule has 2 aliphatic rings. The summed E-state index contributed by atoms with van der Waals surface area (Å²) in [6.45, 7) is 0.616. The normalized spacial score (nSPS) is 16.6. The van der Waals surface area contributed by atoms with Gasteiger partial charge in [-0.1, -0.05) is 0 Å². The van der Waals surface area contributed by atoms with Crippen molar-refractivity contribution in [1.29, 1.82) is 0 Å². The molecule has 1 spiro atoms. The number of nitrogens with one attached hydrogen (secondary N) is 1. The molecule has 1 fully saturated rings. The third-order valence-corrected chi connectivity index (χ3v) is 4.77. The minimum Gasteiger partial charge on any atom is -0.448 e. The summed E-state index contributed by atoms with van der Waals surface area (Å²) in [5, 5.41) is 6.88. The van der Waals surface area contributed by atoms with E-state index in [0.29, 0.717) is 23.8 Å². The molecule has 27 heavy (non-hydrogen) atoms. The van der Waals surface area contributed by atoms with Crippen LogP contribution in [-0.2, 0) is 11.3 Å². The standard InChI is InChI=1S/C19H21N3O5/c1-25-11-10-22-17(23)7-5-14(21-22)18(24)20-13-4-6-15-16(12-13)27-19(26-15)8-2-3-9-19/h4-7,12H,2-3,8-11H2,1H3,(H,20,24). The van der Waals surface area contributed by atoms with Crippen LogP contribution in [-0.4, -0.2) is 35.2 Å². The topological polar surface area (TPSA) is 91.7 Å². The molecule has 2 heterocycles. The highest BCUT2D eigenvalue weighted by Crippen LogP contribution is 2.47. The molecule has 4 rings (SSSR count). The maximum absolute atomic E-state index is 12.5. The summed E-state index contributed by atoms with van der Waals surface area (Å²) >= 11 is 0. The number of hydrogen-bond acceptors (Lipinski definition) is 6. The Labute approximate surface area is 156 Å². The third kappa shape index (κ3) is 3.52. The van der Waals surface area contributed by atoms with Crippen LogP contribution in [0.3, 0.4) is 0 Å². The molecule has 1 amide bonds. The van der Waals surface area contributed by atoms with E-state index in [1.807, 2.05) is 0 Å². The van der Waals surface area contributed by atoms with Gasteiger partial charge in [0.15, 0.2) is 11.5 Å². The van der Waals surface area contributed by atoms with Crippen molar-refractivity contribution in [3.63, 3.8) is 0 Å². The zero-order chi connectivity index (χ0) is 18.9. The van der Waals surface area contributed by atoms with Crippen LogP contribution >= 0.6 is 0 Å². The molecule has 8 nitrogen and oxygen atoms in total. The molecule has 1 aromatic carbocycles. The van der Waals surface area contributed by atoms with E-state index in [0.717, 1.165) is 25.7 Å². The molecule has 0 unspecified atom stereocenters. The summed E-state index contributed by atoms with van der Waals surface area (Å²) in [6, 6.07) is 8.03. The number of ether oxygens (including phenoxy) is 3. The van der Waals surface area contributed by atoms with E-state index < -0.39 is 11.7 Å². The lowest BCUT2D eigenvalue weighted by atomic mass is 10.2. The van der Waals surface area contributed by atoms with Crippen LogP contribution in [0.25, 0.3) is 0 Å². The van der Waals surface area contributed by atoms with E-state index in [1.54, 1.807) is 18.2 Å². The number of anilines is 1. The summed E-state index contributed by atoms with van der Waals surface area (Å²) in [5.41, 5.74) is 0.443. The number of methoxy groups -OCH3 is 1. The molecule has 0 radical (unpaired) electrons. The highest BCUT2D eigenvalue weighted by molar-refractivity contribution is 6.02. The van der Waals surface area contributed by atoms with Crippen molar-refractivity contribution in [2.24, 2.45) is 0 Å². The zero-order valence-corrected chi connectivity index (χ0v) is 15.1. The van der Waals surface area contributed by atoms with Gasteiger partial charge in [-0.05, 0) is 31.0 Å². The minimum absolute atomic E-state index is 0.149. The molecular weight excluding hydrogens is 350 g/mol. The van der Waals surface area contributed by atoms with Gasteiger partial charge in [-0.15, -0.1) is 0 Å². The van der Waals surface area contributed by atoms with Gasteiger partial charge in [0.25, 0.3) is 17.3 Å². The molecule has 1 aliphatic heterocycles.